The summed E-state index contributed by atoms with van der Waals surface area (Å²) in [7, 11) is 1.28. The molecule has 0 unspecified atom stereocenters. The van der Waals surface area contributed by atoms with Crippen LogP contribution in [0.25, 0.3) is 0 Å². The van der Waals surface area contributed by atoms with Crippen molar-refractivity contribution >= 4 is 52.1 Å². The minimum Gasteiger partial charge on any atom is -0.486 e. The number of aromatic nitrogens is 1. The summed E-state index contributed by atoms with van der Waals surface area (Å²) >= 11 is 13.3. The van der Waals surface area contributed by atoms with Crippen molar-refractivity contribution in [3.8, 4) is 5.75 Å². The van der Waals surface area contributed by atoms with Crippen LogP contribution in [-0.2, 0) is 22.6 Å². The maximum Gasteiger partial charge on any atom is 0.337 e. The van der Waals surface area contributed by atoms with Crippen LogP contribution in [0.15, 0.2) is 47.8 Å². The number of nitrogens with one attached hydrogen (secondary N) is 1. The molecule has 0 aliphatic carbocycles. The molecule has 0 aliphatic rings. The molecule has 6 nitrogen and oxygen atoms in total. The van der Waals surface area contributed by atoms with E-state index in [1.54, 1.807) is 29.6 Å². The van der Waals surface area contributed by atoms with Crippen LogP contribution >= 0.6 is 34.5 Å². The van der Waals surface area contributed by atoms with Gasteiger partial charge in [0.1, 0.15) is 17.4 Å². The van der Waals surface area contributed by atoms with E-state index in [2.05, 4.69) is 15.0 Å². The highest BCUT2D eigenvalue weighted by atomic mass is 35.5. The fourth-order valence-electron chi connectivity index (χ4n) is 2.40. The normalized spacial score (nSPS) is 10.4. The number of anilines is 1. The van der Waals surface area contributed by atoms with E-state index in [1.807, 2.05) is 0 Å². The fourth-order valence-corrected chi connectivity index (χ4v) is 3.39. The Morgan fingerprint density at radius 2 is 1.90 bits per heavy atom. The first-order chi connectivity index (χ1) is 13.9. The predicted octanol–water partition coefficient (Wildman–Crippen LogP) is 5.00. The number of carbonyl (C=O) groups is 2. The zero-order chi connectivity index (χ0) is 20.8. The minimum absolute atomic E-state index is 0.0657. The molecule has 0 spiro atoms. The number of halogens is 2. The lowest BCUT2D eigenvalue weighted by molar-refractivity contribution is -0.115. The largest absolute Gasteiger partial charge is 0.486 e. The molecule has 0 atom stereocenters. The van der Waals surface area contributed by atoms with Gasteiger partial charge in [-0.1, -0.05) is 23.2 Å². The highest BCUT2D eigenvalue weighted by molar-refractivity contribution is 7.09. The first-order valence-corrected chi connectivity index (χ1v) is 10.1. The smallest absolute Gasteiger partial charge is 0.337 e. The molecule has 1 aromatic heterocycles. The number of ether oxygens (including phenoxy) is 2. The molecule has 3 aromatic rings. The number of nitrogens with zero attached hydrogens (tertiary/aromatic N) is 1. The van der Waals surface area contributed by atoms with Crippen molar-refractivity contribution in [3.63, 3.8) is 0 Å². The molecule has 0 saturated carbocycles. The van der Waals surface area contributed by atoms with Crippen molar-refractivity contribution in [1.29, 1.82) is 0 Å². The van der Waals surface area contributed by atoms with Crippen molar-refractivity contribution in [2.24, 2.45) is 0 Å². The van der Waals surface area contributed by atoms with Gasteiger partial charge < -0.3 is 14.8 Å². The predicted molar refractivity (Wildman–Crippen MR) is 113 cm³/mol. The van der Waals surface area contributed by atoms with Crippen molar-refractivity contribution in [2.45, 2.75) is 13.0 Å². The Bertz CT molecular complexity index is 1020. The maximum absolute atomic E-state index is 12.3. The van der Waals surface area contributed by atoms with Crippen molar-refractivity contribution in [2.75, 3.05) is 12.4 Å². The number of hydrogen-bond donors (Lipinski definition) is 1. The number of benzene rings is 2. The number of hydrogen-bond acceptors (Lipinski definition) is 6. The highest BCUT2D eigenvalue weighted by Gasteiger charge is 2.13. The number of thiazole rings is 1. The van der Waals surface area contributed by atoms with Gasteiger partial charge in [-0.2, -0.15) is 0 Å². The molecule has 1 N–H and O–H groups in total. The highest BCUT2D eigenvalue weighted by Crippen LogP contribution is 2.24. The summed E-state index contributed by atoms with van der Waals surface area (Å²) in [4.78, 5) is 28.4. The van der Waals surface area contributed by atoms with E-state index in [9.17, 15) is 9.59 Å². The number of rotatable bonds is 7. The van der Waals surface area contributed by atoms with Gasteiger partial charge in [-0.25, -0.2) is 9.78 Å². The zero-order valence-electron chi connectivity index (χ0n) is 15.3. The van der Waals surface area contributed by atoms with Crippen LogP contribution in [0.4, 0.5) is 5.69 Å². The second kappa shape index (κ2) is 9.73. The van der Waals surface area contributed by atoms with Crippen molar-refractivity contribution < 1.29 is 19.1 Å². The van der Waals surface area contributed by atoms with E-state index in [0.717, 1.165) is 5.01 Å². The molecule has 150 valence electrons. The number of methoxy groups -OCH3 is 1. The summed E-state index contributed by atoms with van der Waals surface area (Å²) in [5, 5.41) is 6.19. The van der Waals surface area contributed by atoms with E-state index in [0.29, 0.717) is 39.3 Å². The molecule has 29 heavy (non-hydrogen) atoms. The molecule has 9 heteroatoms. The zero-order valence-corrected chi connectivity index (χ0v) is 17.6. The maximum atomic E-state index is 12.3. The Hall–Kier alpha value is -2.61. The first-order valence-electron chi connectivity index (χ1n) is 8.44. The third-order valence-corrected chi connectivity index (χ3v) is 5.23. The average Bonchev–Trinajstić information content (AvgIpc) is 3.15. The Morgan fingerprint density at radius 1 is 1.14 bits per heavy atom. The molecular formula is C20H16Cl2N2O4S. The Morgan fingerprint density at radius 3 is 2.62 bits per heavy atom. The van der Waals surface area contributed by atoms with Gasteiger partial charge in [0.2, 0.25) is 5.91 Å². The lowest BCUT2D eigenvalue weighted by atomic mass is 10.2. The molecular weight excluding hydrogens is 435 g/mol. The van der Waals surface area contributed by atoms with Gasteiger partial charge in [-0.15, -0.1) is 11.3 Å². The van der Waals surface area contributed by atoms with Gasteiger partial charge in [0.05, 0.1) is 35.5 Å². The molecule has 3 rings (SSSR count). The van der Waals surface area contributed by atoms with E-state index >= 15 is 0 Å². The SMILES string of the molecule is COC(=O)c1ccc(Cl)c(NC(=O)Cc2csc(COc3ccc(Cl)cc3)n2)c1. The quantitative estimate of drug-likeness (QED) is 0.512. The second-order valence-corrected chi connectivity index (χ2v) is 7.67. The molecule has 1 amide bonds. The summed E-state index contributed by atoms with van der Waals surface area (Å²) in [6, 6.07) is 11.6. The molecule has 0 fully saturated rings. The second-order valence-electron chi connectivity index (χ2n) is 5.89. The van der Waals surface area contributed by atoms with Crippen LogP contribution in [0, 0.1) is 0 Å². The van der Waals surface area contributed by atoms with Gasteiger partial charge in [-0.05, 0) is 42.5 Å². The van der Waals surface area contributed by atoms with Crippen LogP contribution in [-0.4, -0.2) is 24.0 Å². The number of amides is 1. The summed E-state index contributed by atoms with van der Waals surface area (Å²) in [5.41, 5.74) is 1.24. The molecule has 2 aromatic carbocycles. The van der Waals surface area contributed by atoms with Crippen LogP contribution in [0.1, 0.15) is 21.1 Å². The third-order valence-electron chi connectivity index (χ3n) is 3.78. The Balaban J connectivity index is 1.57. The summed E-state index contributed by atoms with van der Waals surface area (Å²) in [6.45, 7) is 0.293. The summed E-state index contributed by atoms with van der Waals surface area (Å²) in [6.07, 6.45) is 0.0657. The van der Waals surface area contributed by atoms with Crippen LogP contribution in [0.2, 0.25) is 10.0 Å². The first kappa shape index (κ1) is 21.1. The minimum atomic E-state index is -0.512. The van der Waals surface area contributed by atoms with Gasteiger partial charge in [-0.3, -0.25) is 4.79 Å². The van der Waals surface area contributed by atoms with Crippen molar-refractivity contribution in [1.82, 2.24) is 4.98 Å². The molecule has 1 heterocycles. The standard InChI is InChI=1S/C20H16Cl2N2O4S/c1-27-20(26)12-2-7-16(22)17(8-12)24-18(25)9-14-11-29-19(23-14)10-28-15-5-3-13(21)4-6-15/h2-8,11H,9-10H2,1H3,(H,24,25). The van der Waals surface area contributed by atoms with E-state index in [4.69, 9.17) is 27.9 Å². The lowest BCUT2D eigenvalue weighted by Crippen LogP contribution is -2.15. The van der Waals surface area contributed by atoms with Gasteiger partial charge in [0.25, 0.3) is 0 Å². The van der Waals surface area contributed by atoms with Crippen LogP contribution < -0.4 is 10.1 Å². The van der Waals surface area contributed by atoms with E-state index in [-0.39, 0.29) is 12.3 Å². The number of esters is 1. The van der Waals surface area contributed by atoms with Crippen LogP contribution in [0.3, 0.4) is 0 Å². The number of carbonyl (C=O) groups excluding carboxylic acids is 2. The summed E-state index contributed by atoms with van der Waals surface area (Å²) < 4.78 is 10.3. The fraction of sp³-hybridized carbons (Fsp3) is 0.150. The monoisotopic (exact) mass is 450 g/mol. The average molecular weight is 451 g/mol. The lowest BCUT2D eigenvalue weighted by Gasteiger charge is -2.08. The van der Waals surface area contributed by atoms with E-state index < -0.39 is 5.97 Å². The van der Waals surface area contributed by atoms with Crippen LogP contribution in [0.5, 0.6) is 5.75 Å². The van der Waals surface area contributed by atoms with E-state index in [1.165, 1.54) is 36.6 Å². The summed E-state index contributed by atoms with van der Waals surface area (Å²) in [5.74, 6) is -0.129. The van der Waals surface area contributed by atoms with Gasteiger partial charge in [0, 0.05) is 10.4 Å². The van der Waals surface area contributed by atoms with Gasteiger partial charge in [0.15, 0.2) is 0 Å². The Kier molecular flexibility index (Phi) is 7.09. The third kappa shape index (κ3) is 5.93. The molecule has 0 bridgehead atoms. The molecule has 0 aliphatic heterocycles. The van der Waals surface area contributed by atoms with Crippen molar-refractivity contribution in [3.05, 3.63) is 74.2 Å². The molecule has 0 saturated heterocycles. The topological polar surface area (TPSA) is 77.5 Å². The molecule has 0 radical (unpaired) electrons. The van der Waals surface area contributed by atoms with Gasteiger partial charge >= 0.3 is 5.97 Å². The Labute approximate surface area is 181 Å².